The smallest absolute Gasteiger partial charge is 0.207 e. The molecule has 6 aromatic carbocycles. The van der Waals surface area contributed by atoms with Gasteiger partial charge in [-0.25, -0.2) is 13.2 Å². The maximum absolute atomic E-state index is 13.2. The van der Waals surface area contributed by atoms with Gasteiger partial charge in [0.1, 0.15) is 17.5 Å². The molecule has 0 aromatic heterocycles. The Hall–Kier alpha value is -4.76. The molecule has 6 rings (SSSR count). The van der Waals surface area contributed by atoms with Crippen molar-refractivity contribution in [3.63, 3.8) is 0 Å². The molecule has 0 spiro atoms. The third-order valence-electron chi connectivity index (χ3n) is 7.01. The highest BCUT2D eigenvalue weighted by molar-refractivity contribution is 6.96. The van der Waals surface area contributed by atoms with E-state index < -0.39 is 0 Å². The first kappa shape index (κ1) is 27.8. The van der Waals surface area contributed by atoms with Crippen LogP contribution in [0, 0.1) is 17.5 Å². The molecule has 0 saturated heterocycles. The fourth-order valence-electron chi connectivity index (χ4n) is 5.06. The monoisotopic (exact) mass is 538 g/mol. The SMILES string of the molecule is Fc1ccc(B(c2ccc(F)cc2)c2ccc(F)cc2)cc1.c1ccc(B(c2ccccc2)c2ccccc2)cc1. The van der Waals surface area contributed by atoms with Crippen LogP contribution < -0.4 is 32.8 Å². The van der Waals surface area contributed by atoms with Crippen molar-refractivity contribution in [2.24, 2.45) is 0 Å². The van der Waals surface area contributed by atoms with Crippen LogP contribution in [0.15, 0.2) is 164 Å². The molecule has 0 fully saturated rings. The van der Waals surface area contributed by atoms with Crippen molar-refractivity contribution < 1.29 is 13.2 Å². The third-order valence-corrected chi connectivity index (χ3v) is 7.01. The molecule has 5 heteroatoms. The lowest BCUT2D eigenvalue weighted by Crippen LogP contribution is -2.51. The van der Waals surface area contributed by atoms with E-state index in [1.54, 1.807) is 36.4 Å². The van der Waals surface area contributed by atoms with Crippen molar-refractivity contribution in [3.8, 4) is 0 Å². The summed E-state index contributed by atoms with van der Waals surface area (Å²) in [5.41, 5.74) is 6.58. The summed E-state index contributed by atoms with van der Waals surface area (Å²) >= 11 is 0. The largest absolute Gasteiger partial charge is 0.241 e. The topological polar surface area (TPSA) is 0 Å². The number of benzene rings is 6. The Morgan fingerprint density at radius 2 is 0.439 bits per heavy atom. The van der Waals surface area contributed by atoms with Crippen molar-refractivity contribution in [2.75, 3.05) is 0 Å². The quantitative estimate of drug-likeness (QED) is 0.267. The van der Waals surface area contributed by atoms with Gasteiger partial charge in [0.05, 0.1) is 0 Å². The minimum atomic E-state index is -0.319. The van der Waals surface area contributed by atoms with Crippen molar-refractivity contribution in [3.05, 3.63) is 181 Å². The minimum Gasteiger partial charge on any atom is -0.207 e. The van der Waals surface area contributed by atoms with E-state index in [0.717, 1.165) is 16.4 Å². The summed E-state index contributed by atoms with van der Waals surface area (Å²) in [7, 11) is 0. The first-order chi connectivity index (χ1) is 20.1. The zero-order chi connectivity index (χ0) is 28.4. The Balaban J connectivity index is 0.000000166. The first-order valence-electron chi connectivity index (χ1n) is 13.5. The van der Waals surface area contributed by atoms with E-state index in [1.807, 2.05) is 0 Å². The second-order valence-electron chi connectivity index (χ2n) is 9.75. The van der Waals surface area contributed by atoms with Crippen molar-refractivity contribution in [1.29, 1.82) is 0 Å². The van der Waals surface area contributed by atoms with Gasteiger partial charge in [0.2, 0.25) is 13.4 Å². The van der Waals surface area contributed by atoms with Crippen LogP contribution in [-0.2, 0) is 0 Å². The van der Waals surface area contributed by atoms with Crippen LogP contribution in [0.5, 0.6) is 0 Å². The number of halogens is 3. The van der Waals surface area contributed by atoms with E-state index in [1.165, 1.54) is 52.8 Å². The van der Waals surface area contributed by atoms with E-state index in [2.05, 4.69) is 91.0 Å². The predicted octanol–water partition coefficient (Wildman–Crippen LogP) is 4.82. The number of rotatable bonds is 6. The molecule has 0 radical (unpaired) electrons. The van der Waals surface area contributed by atoms with Crippen LogP contribution in [0.3, 0.4) is 0 Å². The molecular weight excluding hydrogens is 511 g/mol. The summed E-state index contributed by atoms with van der Waals surface area (Å²) in [5.74, 6) is -0.956. The lowest BCUT2D eigenvalue weighted by atomic mass is 9.37. The molecule has 0 nitrogen and oxygen atoms in total. The first-order valence-corrected chi connectivity index (χ1v) is 13.5. The van der Waals surface area contributed by atoms with E-state index >= 15 is 0 Å². The van der Waals surface area contributed by atoms with Gasteiger partial charge in [-0.3, -0.25) is 0 Å². The second-order valence-corrected chi connectivity index (χ2v) is 9.75. The van der Waals surface area contributed by atoms with Gasteiger partial charge >= 0.3 is 0 Å². The van der Waals surface area contributed by atoms with Crippen LogP contribution >= 0.6 is 0 Å². The molecular formula is C36H27B2F3. The van der Waals surface area contributed by atoms with Gasteiger partial charge in [0.15, 0.2) is 0 Å². The molecule has 0 heterocycles. The summed E-state index contributed by atoms with van der Waals surface area (Å²) < 4.78 is 39.5. The van der Waals surface area contributed by atoms with Crippen molar-refractivity contribution in [2.45, 2.75) is 0 Å². The van der Waals surface area contributed by atoms with Crippen molar-refractivity contribution >= 4 is 46.2 Å². The fraction of sp³-hybridized carbons (Fsp3) is 0. The highest BCUT2D eigenvalue weighted by Gasteiger charge is 2.22. The molecule has 6 aromatic rings. The summed E-state index contributed by atoms with van der Waals surface area (Å²) in [4.78, 5) is 0. The van der Waals surface area contributed by atoms with Crippen LogP contribution in [0.1, 0.15) is 0 Å². The highest BCUT2D eigenvalue weighted by atomic mass is 19.1. The van der Waals surface area contributed by atoms with Gasteiger partial charge in [-0.05, 0) is 36.4 Å². The molecule has 0 saturated carbocycles. The molecule has 0 unspecified atom stereocenters. The Bertz CT molecular complexity index is 1420. The van der Waals surface area contributed by atoms with Crippen molar-refractivity contribution in [1.82, 2.24) is 0 Å². The Labute approximate surface area is 240 Å². The molecule has 0 N–H and O–H groups in total. The average Bonchev–Trinajstić information content (AvgIpc) is 3.02. The molecule has 0 atom stereocenters. The van der Waals surface area contributed by atoms with Crippen LogP contribution in [0.25, 0.3) is 0 Å². The van der Waals surface area contributed by atoms with Crippen LogP contribution in [-0.4, -0.2) is 13.4 Å². The zero-order valence-corrected chi connectivity index (χ0v) is 22.4. The lowest BCUT2D eigenvalue weighted by Gasteiger charge is -2.15. The molecule has 0 bridgehead atoms. The lowest BCUT2D eigenvalue weighted by molar-refractivity contribution is 0.628. The number of hydrogen-bond donors (Lipinski definition) is 0. The molecule has 0 amide bonds. The zero-order valence-electron chi connectivity index (χ0n) is 22.4. The van der Waals surface area contributed by atoms with Gasteiger partial charge in [0.25, 0.3) is 0 Å². The van der Waals surface area contributed by atoms with Gasteiger partial charge in [0, 0.05) is 0 Å². The van der Waals surface area contributed by atoms with Crippen LogP contribution in [0.4, 0.5) is 13.2 Å². The Morgan fingerprint density at radius 3 is 0.659 bits per heavy atom. The number of hydrogen-bond acceptors (Lipinski definition) is 0. The fourth-order valence-corrected chi connectivity index (χ4v) is 5.06. The maximum Gasteiger partial charge on any atom is 0.241 e. The molecule has 41 heavy (non-hydrogen) atoms. The Morgan fingerprint density at radius 1 is 0.244 bits per heavy atom. The summed E-state index contributed by atoms with van der Waals surface area (Å²) in [6, 6.07) is 50.5. The van der Waals surface area contributed by atoms with Gasteiger partial charge in [-0.15, -0.1) is 0 Å². The molecule has 198 valence electrons. The molecule has 0 aliphatic heterocycles. The average molecular weight is 538 g/mol. The van der Waals surface area contributed by atoms with Gasteiger partial charge in [-0.2, -0.15) is 0 Å². The molecule has 0 aliphatic rings. The van der Waals surface area contributed by atoms with Gasteiger partial charge in [-0.1, -0.05) is 160 Å². The third kappa shape index (κ3) is 7.26. The maximum atomic E-state index is 13.2. The summed E-state index contributed by atoms with van der Waals surface area (Å²) in [6.07, 6.45) is 0. The normalized spacial score (nSPS) is 10.3. The van der Waals surface area contributed by atoms with Gasteiger partial charge < -0.3 is 0 Å². The second kappa shape index (κ2) is 13.5. The minimum absolute atomic E-state index is 0.207. The highest BCUT2D eigenvalue weighted by Crippen LogP contribution is 2.02. The van der Waals surface area contributed by atoms with Crippen LogP contribution in [0.2, 0.25) is 0 Å². The van der Waals surface area contributed by atoms with E-state index in [-0.39, 0.29) is 24.2 Å². The molecule has 0 aliphatic carbocycles. The predicted molar refractivity (Wildman–Crippen MR) is 168 cm³/mol. The summed E-state index contributed by atoms with van der Waals surface area (Å²) in [5, 5.41) is 0. The van der Waals surface area contributed by atoms with E-state index in [0.29, 0.717) is 6.71 Å². The van der Waals surface area contributed by atoms with E-state index in [9.17, 15) is 13.2 Å². The summed E-state index contributed by atoms with van der Waals surface area (Å²) in [6.45, 7) is 0.102. The standard InChI is InChI=1S/C18H12BF3.C18H15B/c20-16-7-1-13(2-8-16)19(14-3-9-17(21)10-4-14)15-5-11-18(22)12-6-15;1-4-10-16(11-5-1)19(17-12-6-2-7-13-17)18-14-8-3-9-15-18/h1-12H;1-15H. The van der Waals surface area contributed by atoms with E-state index in [4.69, 9.17) is 0 Å². The Kier molecular flexibility index (Phi) is 9.18.